The van der Waals surface area contributed by atoms with Crippen molar-refractivity contribution in [3.8, 4) is 0 Å². The number of rotatable bonds is 14. The molecule has 0 aromatic carbocycles. The van der Waals surface area contributed by atoms with E-state index in [2.05, 4.69) is 31.2 Å². The zero-order valence-corrected chi connectivity index (χ0v) is 16.8. The third kappa shape index (κ3) is 17.0. The van der Waals surface area contributed by atoms with E-state index in [1.54, 1.807) is 0 Å². The molecule has 0 saturated heterocycles. The van der Waals surface area contributed by atoms with Crippen molar-refractivity contribution < 1.29 is 23.9 Å². The molecule has 0 bridgehead atoms. The Bertz CT molecular complexity index is 487. The first-order valence-corrected chi connectivity index (χ1v) is 9.41. The maximum atomic E-state index is 11.9. The fraction of sp³-hybridized carbons (Fsp3) is 0.619. The highest BCUT2D eigenvalue weighted by atomic mass is 16.5. The standard InChI is InChI=1S/C21H35NO4/c1-5-6-7-8-9-10-11-12-13-14-15-16-21(25)26-19(17-20(23)24)18-22(2,3)4/h7-8,10-11,13-14,19H,5-6,9,12,15-18H2,1-4H3/p+1/b8-7+,11-10+,14-13+. The molecule has 5 nitrogen and oxygen atoms in total. The Morgan fingerprint density at radius 3 is 2.00 bits per heavy atom. The lowest BCUT2D eigenvalue weighted by Crippen LogP contribution is -2.43. The molecule has 148 valence electrons. The minimum absolute atomic E-state index is 0.158. The van der Waals surface area contributed by atoms with Crippen LogP contribution < -0.4 is 0 Å². The summed E-state index contributed by atoms with van der Waals surface area (Å²) in [5.41, 5.74) is 0. The largest absolute Gasteiger partial charge is 0.481 e. The van der Waals surface area contributed by atoms with Crippen molar-refractivity contribution >= 4 is 11.9 Å². The molecule has 26 heavy (non-hydrogen) atoms. The van der Waals surface area contributed by atoms with E-state index >= 15 is 0 Å². The molecule has 0 fully saturated rings. The molecule has 1 atom stereocenters. The highest BCUT2D eigenvalue weighted by molar-refractivity contribution is 5.71. The minimum atomic E-state index is -0.951. The number of ether oxygens (including phenoxy) is 1. The van der Waals surface area contributed by atoms with Crippen LogP contribution in [0.1, 0.15) is 51.9 Å². The Kier molecular flexibility index (Phi) is 13.3. The van der Waals surface area contributed by atoms with Gasteiger partial charge in [-0.2, -0.15) is 0 Å². The maximum Gasteiger partial charge on any atom is 0.307 e. The van der Waals surface area contributed by atoms with Crippen LogP contribution in [0, 0.1) is 0 Å². The average Bonchev–Trinajstić information content (AvgIpc) is 2.50. The van der Waals surface area contributed by atoms with Crippen molar-refractivity contribution in [3.63, 3.8) is 0 Å². The molecule has 5 heteroatoms. The number of carbonyl (C=O) groups excluding carboxylic acids is 1. The van der Waals surface area contributed by atoms with Crippen LogP contribution in [0.5, 0.6) is 0 Å². The SMILES string of the molecule is CCC/C=C/C/C=C/C/C=C/CCC(=O)OC(CC(=O)O)C[N+](C)(C)C. The molecule has 0 rings (SSSR count). The lowest BCUT2D eigenvalue weighted by Gasteiger charge is -2.28. The highest BCUT2D eigenvalue weighted by Gasteiger charge is 2.24. The molecule has 0 saturated carbocycles. The molecule has 0 spiro atoms. The molecular weight excluding hydrogens is 330 g/mol. The highest BCUT2D eigenvalue weighted by Crippen LogP contribution is 2.08. The molecule has 1 N–H and O–H groups in total. The lowest BCUT2D eigenvalue weighted by molar-refractivity contribution is -0.873. The van der Waals surface area contributed by atoms with Crippen LogP contribution >= 0.6 is 0 Å². The van der Waals surface area contributed by atoms with E-state index in [-0.39, 0.29) is 18.8 Å². The van der Waals surface area contributed by atoms with Gasteiger partial charge in [-0.15, -0.1) is 0 Å². The summed E-state index contributed by atoms with van der Waals surface area (Å²) in [5.74, 6) is -1.29. The smallest absolute Gasteiger partial charge is 0.307 e. The Labute approximate surface area is 158 Å². The first kappa shape index (κ1) is 24.1. The van der Waals surface area contributed by atoms with Crippen LogP contribution in [-0.2, 0) is 14.3 Å². The predicted octanol–water partition coefficient (Wildman–Crippen LogP) is 4.11. The van der Waals surface area contributed by atoms with Crippen LogP contribution in [0.15, 0.2) is 36.5 Å². The van der Waals surface area contributed by atoms with E-state index in [9.17, 15) is 9.59 Å². The summed E-state index contributed by atoms with van der Waals surface area (Å²) in [6, 6.07) is 0. The average molecular weight is 367 g/mol. The third-order valence-corrected chi connectivity index (χ3v) is 3.47. The Hall–Kier alpha value is -1.88. The van der Waals surface area contributed by atoms with Crippen molar-refractivity contribution in [2.75, 3.05) is 27.7 Å². The minimum Gasteiger partial charge on any atom is -0.481 e. The van der Waals surface area contributed by atoms with E-state index in [0.29, 0.717) is 17.4 Å². The number of allylic oxidation sites excluding steroid dienone is 6. The van der Waals surface area contributed by atoms with Crippen molar-refractivity contribution in [1.29, 1.82) is 0 Å². The molecule has 0 aliphatic carbocycles. The third-order valence-electron chi connectivity index (χ3n) is 3.47. The summed E-state index contributed by atoms with van der Waals surface area (Å²) < 4.78 is 5.89. The number of aliphatic carboxylic acids is 1. The summed E-state index contributed by atoms with van der Waals surface area (Å²) >= 11 is 0. The molecule has 0 aromatic heterocycles. The topological polar surface area (TPSA) is 63.6 Å². The van der Waals surface area contributed by atoms with Crippen LogP contribution in [-0.4, -0.2) is 55.3 Å². The normalized spacial score (nSPS) is 13.7. The Morgan fingerprint density at radius 2 is 1.50 bits per heavy atom. The summed E-state index contributed by atoms with van der Waals surface area (Å²) in [7, 11) is 5.83. The second-order valence-corrected chi connectivity index (χ2v) is 7.40. The molecule has 0 aliphatic rings. The van der Waals surface area contributed by atoms with E-state index in [1.807, 2.05) is 33.3 Å². The maximum absolute atomic E-state index is 11.9. The monoisotopic (exact) mass is 366 g/mol. The van der Waals surface area contributed by atoms with Gasteiger partial charge in [-0.05, 0) is 25.7 Å². The molecular formula is C21H36NO4+. The van der Waals surface area contributed by atoms with E-state index in [4.69, 9.17) is 9.84 Å². The zero-order valence-electron chi connectivity index (χ0n) is 16.8. The second kappa shape index (κ2) is 14.3. The number of likely N-dealkylation sites (N-methyl/N-ethyl adjacent to an activating group) is 1. The number of hydrogen-bond donors (Lipinski definition) is 1. The molecule has 0 heterocycles. The van der Waals surface area contributed by atoms with Gasteiger partial charge < -0.3 is 14.3 Å². The van der Waals surface area contributed by atoms with Gasteiger partial charge in [-0.25, -0.2) is 0 Å². The first-order chi connectivity index (χ1) is 12.2. The molecule has 0 aliphatic heterocycles. The van der Waals surface area contributed by atoms with Crippen molar-refractivity contribution in [1.82, 2.24) is 0 Å². The number of carbonyl (C=O) groups is 2. The number of quaternary nitrogens is 1. The van der Waals surface area contributed by atoms with Crippen molar-refractivity contribution in [2.45, 2.75) is 58.0 Å². The number of nitrogens with zero attached hydrogens (tertiary/aromatic N) is 1. The lowest BCUT2D eigenvalue weighted by atomic mass is 10.2. The Morgan fingerprint density at radius 1 is 0.962 bits per heavy atom. The van der Waals surface area contributed by atoms with Crippen molar-refractivity contribution in [2.24, 2.45) is 0 Å². The van der Waals surface area contributed by atoms with E-state index in [0.717, 1.165) is 19.3 Å². The molecule has 0 aromatic rings. The predicted molar refractivity (Wildman–Crippen MR) is 106 cm³/mol. The van der Waals surface area contributed by atoms with Gasteiger partial charge in [0.1, 0.15) is 6.54 Å². The van der Waals surface area contributed by atoms with Gasteiger partial charge in [-0.1, -0.05) is 49.8 Å². The van der Waals surface area contributed by atoms with E-state index in [1.165, 1.54) is 6.42 Å². The van der Waals surface area contributed by atoms with Gasteiger partial charge in [0.05, 0.1) is 27.6 Å². The van der Waals surface area contributed by atoms with Crippen LogP contribution in [0.25, 0.3) is 0 Å². The van der Waals surface area contributed by atoms with Crippen LogP contribution in [0.2, 0.25) is 0 Å². The van der Waals surface area contributed by atoms with Gasteiger partial charge >= 0.3 is 11.9 Å². The zero-order chi connectivity index (χ0) is 19.8. The number of hydrogen-bond acceptors (Lipinski definition) is 3. The van der Waals surface area contributed by atoms with Crippen LogP contribution in [0.4, 0.5) is 0 Å². The number of carboxylic acid groups (broad SMARTS) is 1. The van der Waals surface area contributed by atoms with E-state index < -0.39 is 12.1 Å². The fourth-order valence-corrected chi connectivity index (χ4v) is 2.34. The Balaban J connectivity index is 4.04. The van der Waals surface area contributed by atoms with Gasteiger partial charge in [0.15, 0.2) is 6.10 Å². The van der Waals surface area contributed by atoms with Gasteiger partial charge in [-0.3, -0.25) is 9.59 Å². The second-order valence-electron chi connectivity index (χ2n) is 7.40. The first-order valence-electron chi connectivity index (χ1n) is 9.41. The molecule has 0 radical (unpaired) electrons. The fourth-order valence-electron chi connectivity index (χ4n) is 2.34. The summed E-state index contributed by atoms with van der Waals surface area (Å²) in [6.07, 6.45) is 16.8. The summed E-state index contributed by atoms with van der Waals surface area (Å²) in [4.78, 5) is 22.8. The number of esters is 1. The summed E-state index contributed by atoms with van der Waals surface area (Å²) in [5, 5.41) is 8.95. The van der Waals surface area contributed by atoms with Gasteiger partial charge in [0, 0.05) is 6.42 Å². The molecule has 0 amide bonds. The number of carboxylic acids is 1. The molecule has 1 unspecified atom stereocenters. The summed E-state index contributed by atoms with van der Waals surface area (Å²) in [6.45, 7) is 2.64. The quantitative estimate of drug-likeness (QED) is 0.285. The van der Waals surface area contributed by atoms with Gasteiger partial charge in [0.25, 0.3) is 0 Å². The van der Waals surface area contributed by atoms with Crippen molar-refractivity contribution in [3.05, 3.63) is 36.5 Å². The number of unbranched alkanes of at least 4 members (excludes halogenated alkanes) is 1. The van der Waals surface area contributed by atoms with Gasteiger partial charge in [0.2, 0.25) is 0 Å². The van der Waals surface area contributed by atoms with Crippen LogP contribution in [0.3, 0.4) is 0 Å².